The van der Waals surface area contributed by atoms with Crippen LogP contribution in [0.4, 0.5) is 10.2 Å². The molecule has 0 bridgehead atoms. The van der Waals surface area contributed by atoms with Gasteiger partial charge in [-0.05, 0) is 31.3 Å². The molecule has 0 atom stereocenters. The van der Waals surface area contributed by atoms with Crippen molar-refractivity contribution in [1.82, 2.24) is 15.3 Å². The van der Waals surface area contributed by atoms with E-state index in [4.69, 9.17) is 4.74 Å². The summed E-state index contributed by atoms with van der Waals surface area (Å²) in [5, 5.41) is 3.07. The Labute approximate surface area is 117 Å². The lowest BCUT2D eigenvalue weighted by Gasteiger charge is -2.17. The maximum absolute atomic E-state index is 12.8. The number of aromatic nitrogens is 2. The molecule has 1 N–H and O–H groups in total. The molecule has 0 fully saturated rings. The standard InChI is InChI=1S/C14H17FN4O/c1-16-7-8-19(2)13-9-17-10-14(18-13)20-12-5-3-11(15)4-6-12/h3-6,9-10,16H,7-8H2,1-2H3. The number of nitrogens with one attached hydrogen (secondary N) is 1. The summed E-state index contributed by atoms with van der Waals surface area (Å²) < 4.78 is 18.4. The number of hydrogen-bond donors (Lipinski definition) is 1. The van der Waals surface area contributed by atoms with Gasteiger partial charge in [-0.1, -0.05) is 0 Å². The Bertz CT molecular complexity index is 547. The molecular weight excluding hydrogens is 259 g/mol. The highest BCUT2D eigenvalue weighted by atomic mass is 19.1. The Morgan fingerprint density at radius 2 is 2.00 bits per heavy atom. The van der Waals surface area contributed by atoms with Crippen LogP contribution >= 0.6 is 0 Å². The van der Waals surface area contributed by atoms with Crippen molar-refractivity contribution in [3.8, 4) is 11.6 Å². The predicted molar refractivity (Wildman–Crippen MR) is 75.7 cm³/mol. The van der Waals surface area contributed by atoms with Gasteiger partial charge in [0.05, 0.1) is 12.4 Å². The van der Waals surface area contributed by atoms with Crippen LogP contribution in [-0.4, -0.2) is 37.2 Å². The molecule has 0 unspecified atom stereocenters. The smallest absolute Gasteiger partial charge is 0.239 e. The van der Waals surface area contributed by atoms with Gasteiger partial charge in [0.25, 0.3) is 0 Å². The summed E-state index contributed by atoms with van der Waals surface area (Å²) in [5.74, 6) is 1.32. The second-order valence-corrected chi connectivity index (χ2v) is 4.30. The Hall–Kier alpha value is -2.21. The summed E-state index contributed by atoms with van der Waals surface area (Å²) >= 11 is 0. The minimum absolute atomic E-state index is 0.302. The zero-order valence-electron chi connectivity index (χ0n) is 11.5. The molecular formula is C14H17FN4O. The number of halogens is 1. The van der Waals surface area contributed by atoms with E-state index in [1.54, 1.807) is 18.3 Å². The summed E-state index contributed by atoms with van der Waals surface area (Å²) in [6, 6.07) is 5.78. The fourth-order valence-electron chi connectivity index (χ4n) is 1.59. The van der Waals surface area contributed by atoms with Crippen molar-refractivity contribution in [2.75, 3.05) is 32.1 Å². The third-order valence-corrected chi connectivity index (χ3v) is 2.72. The lowest BCUT2D eigenvalue weighted by molar-refractivity contribution is 0.458. The summed E-state index contributed by atoms with van der Waals surface area (Å²) in [7, 11) is 3.83. The van der Waals surface area contributed by atoms with E-state index in [-0.39, 0.29) is 5.82 Å². The highest BCUT2D eigenvalue weighted by molar-refractivity contribution is 5.37. The number of benzene rings is 1. The summed E-state index contributed by atoms with van der Waals surface area (Å²) in [5.41, 5.74) is 0. The number of rotatable bonds is 6. The van der Waals surface area contributed by atoms with Crippen LogP contribution in [0.2, 0.25) is 0 Å². The maximum Gasteiger partial charge on any atom is 0.239 e. The lowest BCUT2D eigenvalue weighted by atomic mass is 10.3. The van der Waals surface area contributed by atoms with Crippen LogP contribution in [0.3, 0.4) is 0 Å². The van der Waals surface area contributed by atoms with Gasteiger partial charge >= 0.3 is 0 Å². The van der Waals surface area contributed by atoms with Gasteiger partial charge < -0.3 is 15.0 Å². The first-order valence-electron chi connectivity index (χ1n) is 6.30. The van der Waals surface area contributed by atoms with Gasteiger partial charge in [-0.3, -0.25) is 4.98 Å². The predicted octanol–water partition coefficient (Wildman–Crippen LogP) is 2.06. The maximum atomic E-state index is 12.8. The van der Waals surface area contributed by atoms with Crippen molar-refractivity contribution in [3.63, 3.8) is 0 Å². The molecule has 5 nitrogen and oxygen atoms in total. The zero-order valence-corrected chi connectivity index (χ0v) is 11.5. The van der Waals surface area contributed by atoms with Crippen molar-refractivity contribution in [3.05, 3.63) is 42.5 Å². The van der Waals surface area contributed by atoms with Gasteiger partial charge in [-0.25, -0.2) is 4.39 Å². The van der Waals surface area contributed by atoms with Gasteiger partial charge in [0, 0.05) is 20.1 Å². The van der Waals surface area contributed by atoms with E-state index in [0.29, 0.717) is 11.6 Å². The van der Waals surface area contributed by atoms with Crippen LogP contribution in [0.1, 0.15) is 0 Å². The number of hydrogen-bond acceptors (Lipinski definition) is 5. The molecule has 6 heteroatoms. The van der Waals surface area contributed by atoms with E-state index in [1.807, 2.05) is 19.0 Å². The first-order chi connectivity index (χ1) is 9.69. The average Bonchev–Trinajstić information content (AvgIpc) is 2.47. The topological polar surface area (TPSA) is 50.3 Å². The third kappa shape index (κ3) is 3.89. The highest BCUT2D eigenvalue weighted by Crippen LogP contribution is 2.20. The Kier molecular flexibility index (Phi) is 4.84. The van der Waals surface area contributed by atoms with Crippen molar-refractivity contribution >= 4 is 5.82 Å². The number of anilines is 1. The second kappa shape index (κ2) is 6.81. The fraction of sp³-hybridized carbons (Fsp3) is 0.286. The van der Waals surface area contributed by atoms with Crippen molar-refractivity contribution < 1.29 is 9.13 Å². The highest BCUT2D eigenvalue weighted by Gasteiger charge is 2.05. The minimum atomic E-state index is -0.302. The van der Waals surface area contributed by atoms with Crippen LogP contribution in [-0.2, 0) is 0 Å². The molecule has 0 spiro atoms. The molecule has 1 aromatic heterocycles. The van der Waals surface area contributed by atoms with Crippen molar-refractivity contribution in [2.45, 2.75) is 0 Å². The monoisotopic (exact) mass is 276 g/mol. The van der Waals surface area contributed by atoms with Crippen LogP contribution in [0, 0.1) is 5.82 Å². The van der Waals surface area contributed by atoms with Gasteiger partial charge in [0.2, 0.25) is 5.88 Å². The fourth-order valence-corrected chi connectivity index (χ4v) is 1.59. The molecule has 0 radical (unpaired) electrons. The normalized spacial score (nSPS) is 10.3. The molecule has 0 aliphatic rings. The average molecular weight is 276 g/mol. The van der Waals surface area contributed by atoms with E-state index in [2.05, 4.69) is 15.3 Å². The first-order valence-corrected chi connectivity index (χ1v) is 6.30. The zero-order chi connectivity index (χ0) is 14.4. The largest absolute Gasteiger partial charge is 0.437 e. The quantitative estimate of drug-likeness (QED) is 0.875. The number of nitrogens with zero attached hydrogens (tertiary/aromatic N) is 3. The lowest BCUT2D eigenvalue weighted by Crippen LogP contribution is -2.27. The Morgan fingerprint density at radius 1 is 1.25 bits per heavy atom. The molecule has 0 aliphatic carbocycles. The molecule has 0 saturated carbocycles. The van der Waals surface area contributed by atoms with E-state index in [1.165, 1.54) is 18.3 Å². The molecule has 2 aromatic rings. The number of ether oxygens (including phenoxy) is 1. The molecule has 0 saturated heterocycles. The van der Waals surface area contributed by atoms with E-state index < -0.39 is 0 Å². The van der Waals surface area contributed by atoms with Crippen molar-refractivity contribution in [1.29, 1.82) is 0 Å². The SMILES string of the molecule is CNCCN(C)c1cncc(Oc2ccc(F)cc2)n1. The van der Waals surface area contributed by atoms with Crippen molar-refractivity contribution in [2.24, 2.45) is 0 Å². The van der Waals surface area contributed by atoms with Gasteiger partial charge in [-0.2, -0.15) is 4.98 Å². The van der Waals surface area contributed by atoms with Crippen LogP contribution in [0.25, 0.3) is 0 Å². The van der Waals surface area contributed by atoms with E-state index in [9.17, 15) is 4.39 Å². The number of likely N-dealkylation sites (N-methyl/N-ethyl adjacent to an activating group) is 2. The van der Waals surface area contributed by atoms with E-state index in [0.717, 1.165) is 18.9 Å². The Morgan fingerprint density at radius 3 is 2.70 bits per heavy atom. The molecule has 1 heterocycles. The second-order valence-electron chi connectivity index (χ2n) is 4.30. The molecule has 2 rings (SSSR count). The van der Waals surface area contributed by atoms with Gasteiger partial charge in [-0.15, -0.1) is 0 Å². The van der Waals surface area contributed by atoms with Crippen LogP contribution in [0.15, 0.2) is 36.7 Å². The van der Waals surface area contributed by atoms with E-state index >= 15 is 0 Å². The van der Waals surface area contributed by atoms with Crippen LogP contribution < -0.4 is 15.0 Å². The Balaban J connectivity index is 2.07. The molecule has 20 heavy (non-hydrogen) atoms. The van der Waals surface area contributed by atoms with Crippen LogP contribution in [0.5, 0.6) is 11.6 Å². The molecule has 0 amide bonds. The molecule has 1 aromatic carbocycles. The first kappa shape index (κ1) is 14.2. The van der Waals surface area contributed by atoms with Gasteiger partial charge in [0.15, 0.2) is 5.82 Å². The molecule has 0 aliphatic heterocycles. The minimum Gasteiger partial charge on any atom is -0.437 e. The summed E-state index contributed by atoms with van der Waals surface area (Å²) in [6.07, 6.45) is 3.20. The van der Waals surface area contributed by atoms with Gasteiger partial charge in [0.1, 0.15) is 11.6 Å². The summed E-state index contributed by atoms with van der Waals surface area (Å²) in [6.45, 7) is 1.66. The third-order valence-electron chi connectivity index (χ3n) is 2.72. The molecule has 106 valence electrons. The summed E-state index contributed by atoms with van der Waals surface area (Å²) in [4.78, 5) is 10.4.